The third kappa shape index (κ3) is 2.56. The SMILES string of the molecule is Cc1ccc(-c2c(Cl)sc3c2C(=O)C(Cl)(c2ccccc2)C(=O)N3)c(O)c1F. The molecule has 0 radical (unpaired) electrons. The van der Waals surface area contributed by atoms with Crippen molar-refractivity contribution in [2.24, 2.45) is 0 Å². The van der Waals surface area contributed by atoms with Crippen molar-refractivity contribution in [2.45, 2.75) is 11.8 Å². The number of benzene rings is 2. The number of carbonyl (C=O) groups is 2. The van der Waals surface area contributed by atoms with Gasteiger partial charge in [-0.25, -0.2) is 4.39 Å². The smallest absolute Gasteiger partial charge is 0.258 e. The number of alkyl halides is 1. The summed E-state index contributed by atoms with van der Waals surface area (Å²) in [5.41, 5.74) is 0.799. The fraction of sp³-hybridized carbons (Fsp3) is 0.100. The first kappa shape index (κ1) is 18.9. The summed E-state index contributed by atoms with van der Waals surface area (Å²) in [5.74, 6) is -2.80. The van der Waals surface area contributed by atoms with Gasteiger partial charge in [-0.1, -0.05) is 65.7 Å². The van der Waals surface area contributed by atoms with E-state index in [1.807, 2.05) is 0 Å². The third-order valence-electron chi connectivity index (χ3n) is 4.70. The zero-order chi connectivity index (χ0) is 20.2. The zero-order valence-electron chi connectivity index (χ0n) is 14.3. The molecular formula is C20H12Cl2FNO3S. The normalized spacial score (nSPS) is 18.7. The van der Waals surface area contributed by atoms with Crippen LogP contribution in [0.2, 0.25) is 4.34 Å². The first-order valence-electron chi connectivity index (χ1n) is 8.18. The molecule has 142 valence electrons. The van der Waals surface area contributed by atoms with Crippen LogP contribution in [-0.4, -0.2) is 16.8 Å². The van der Waals surface area contributed by atoms with Crippen LogP contribution in [0, 0.1) is 12.7 Å². The highest BCUT2D eigenvalue weighted by Gasteiger charge is 2.52. The number of phenolic OH excluding ortho intramolecular Hbond substituents is 1. The summed E-state index contributed by atoms with van der Waals surface area (Å²) in [5, 5.41) is 13.1. The molecule has 3 aromatic rings. The number of phenols is 1. The summed E-state index contributed by atoms with van der Waals surface area (Å²) in [6, 6.07) is 11.2. The van der Waals surface area contributed by atoms with Gasteiger partial charge in [0.2, 0.25) is 10.7 Å². The van der Waals surface area contributed by atoms with E-state index in [9.17, 15) is 19.1 Å². The van der Waals surface area contributed by atoms with Crippen LogP contribution >= 0.6 is 34.5 Å². The van der Waals surface area contributed by atoms with Crippen molar-refractivity contribution < 1.29 is 19.1 Å². The van der Waals surface area contributed by atoms with Crippen LogP contribution in [0.4, 0.5) is 9.39 Å². The largest absolute Gasteiger partial charge is 0.504 e. The molecule has 2 aromatic carbocycles. The lowest BCUT2D eigenvalue weighted by Gasteiger charge is -2.29. The number of hydrogen-bond acceptors (Lipinski definition) is 4. The summed E-state index contributed by atoms with van der Waals surface area (Å²) < 4.78 is 14.4. The summed E-state index contributed by atoms with van der Waals surface area (Å²) in [7, 11) is 0. The fourth-order valence-corrected chi connectivity index (χ4v) is 4.84. The average molecular weight is 436 g/mol. The Bertz CT molecular complexity index is 1150. The maximum absolute atomic E-state index is 14.3. The third-order valence-corrected chi connectivity index (χ3v) is 6.57. The Morgan fingerprint density at radius 1 is 1.11 bits per heavy atom. The minimum Gasteiger partial charge on any atom is -0.504 e. The molecule has 2 N–H and O–H groups in total. The van der Waals surface area contributed by atoms with Crippen molar-refractivity contribution in [1.82, 2.24) is 0 Å². The molecule has 4 nitrogen and oxygen atoms in total. The maximum Gasteiger partial charge on any atom is 0.258 e. The number of amides is 1. The van der Waals surface area contributed by atoms with E-state index in [2.05, 4.69) is 5.32 Å². The molecule has 2 heterocycles. The van der Waals surface area contributed by atoms with Crippen molar-refractivity contribution in [1.29, 1.82) is 0 Å². The van der Waals surface area contributed by atoms with Gasteiger partial charge < -0.3 is 10.4 Å². The van der Waals surface area contributed by atoms with Crippen LogP contribution in [0.3, 0.4) is 0 Å². The van der Waals surface area contributed by atoms with Crippen LogP contribution < -0.4 is 5.32 Å². The predicted octanol–water partition coefficient (Wildman–Crippen LogP) is 5.49. The quantitative estimate of drug-likeness (QED) is 0.413. The Labute approximate surface area is 173 Å². The number of ketones is 1. The van der Waals surface area contributed by atoms with Gasteiger partial charge in [-0.15, -0.1) is 11.3 Å². The van der Waals surface area contributed by atoms with Gasteiger partial charge in [0.25, 0.3) is 5.91 Å². The Kier molecular flexibility index (Phi) is 4.45. The van der Waals surface area contributed by atoms with E-state index in [1.165, 1.54) is 19.1 Å². The molecule has 0 spiro atoms. The number of fused-ring (bicyclic) bond motifs is 1. The first-order valence-corrected chi connectivity index (χ1v) is 9.75. The number of thiophene rings is 1. The van der Waals surface area contributed by atoms with E-state index in [0.29, 0.717) is 5.56 Å². The lowest BCUT2D eigenvalue weighted by molar-refractivity contribution is -0.117. The molecule has 0 aliphatic carbocycles. The summed E-state index contributed by atoms with van der Waals surface area (Å²) in [6.07, 6.45) is 0. The van der Waals surface area contributed by atoms with Gasteiger partial charge in [-0.05, 0) is 18.1 Å². The molecule has 8 heteroatoms. The second-order valence-corrected chi connectivity index (χ2v) is 8.54. The van der Waals surface area contributed by atoms with Gasteiger partial charge in [-0.3, -0.25) is 9.59 Å². The number of aromatic hydroxyl groups is 1. The summed E-state index contributed by atoms with van der Waals surface area (Å²) >= 11 is 13.8. The molecule has 0 fully saturated rings. The van der Waals surface area contributed by atoms with Crippen molar-refractivity contribution in [3.05, 3.63) is 69.3 Å². The first-order chi connectivity index (χ1) is 13.3. The topological polar surface area (TPSA) is 66.4 Å². The Morgan fingerprint density at radius 2 is 1.79 bits per heavy atom. The summed E-state index contributed by atoms with van der Waals surface area (Å²) in [4.78, 5) is 24.1. The molecule has 1 atom stereocenters. The van der Waals surface area contributed by atoms with E-state index < -0.39 is 28.1 Å². The van der Waals surface area contributed by atoms with Gasteiger partial charge in [0.05, 0.1) is 5.56 Å². The molecule has 28 heavy (non-hydrogen) atoms. The monoisotopic (exact) mass is 435 g/mol. The Morgan fingerprint density at radius 3 is 2.46 bits per heavy atom. The highest BCUT2D eigenvalue weighted by Crippen LogP contribution is 2.52. The standard InChI is InChI=1S/C20H12Cl2FNO3S/c1-9-7-8-11(15(25)14(9)23)12-13-16(26)20(22,10-5-3-2-4-6-10)19(27)24-18(13)28-17(12)21/h2-8,25H,1H3,(H,24,27). The number of Topliss-reactive ketones (excluding diaryl/α,β-unsaturated/α-hetero) is 1. The van der Waals surface area contributed by atoms with E-state index in [1.54, 1.807) is 30.3 Å². The van der Waals surface area contributed by atoms with Crippen LogP contribution in [0.15, 0.2) is 42.5 Å². The van der Waals surface area contributed by atoms with Gasteiger partial charge in [0.15, 0.2) is 11.6 Å². The number of nitrogens with one attached hydrogen (secondary N) is 1. The number of carbonyl (C=O) groups excluding carboxylic acids is 2. The highest BCUT2D eigenvalue weighted by atomic mass is 35.5. The van der Waals surface area contributed by atoms with Crippen LogP contribution in [0.1, 0.15) is 21.5 Å². The van der Waals surface area contributed by atoms with Crippen LogP contribution in [0.25, 0.3) is 11.1 Å². The molecule has 0 saturated heterocycles. The molecule has 1 amide bonds. The zero-order valence-corrected chi connectivity index (χ0v) is 16.7. The minimum atomic E-state index is -1.99. The van der Waals surface area contributed by atoms with Gasteiger partial charge >= 0.3 is 0 Å². The number of hydrogen-bond donors (Lipinski definition) is 2. The lowest BCUT2D eigenvalue weighted by Crippen LogP contribution is -2.46. The van der Waals surface area contributed by atoms with E-state index in [-0.39, 0.29) is 31.6 Å². The van der Waals surface area contributed by atoms with E-state index >= 15 is 0 Å². The second-order valence-electron chi connectivity index (χ2n) is 6.36. The molecule has 1 unspecified atom stereocenters. The predicted molar refractivity (Wildman–Crippen MR) is 108 cm³/mol. The van der Waals surface area contributed by atoms with Crippen LogP contribution in [0.5, 0.6) is 5.75 Å². The molecule has 1 aliphatic heterocycles. The second kappa shape index (κ2) is 6.58. The number of anilines is 1. The lowest BCUT2D eigenvalue weighted by atomic mass is 9.84. The van der Waals surface area contributed by atoms with Crippen molar-refractivity contribution in [3.63, 3.8) is 0 Å². The molecular weight excluding hydrogens is 424 g/mol. The molecule has 0 saturated carbocycles. The molecule has 1 aliphatic rings. The van der Waals surface area contributed by atoms with Gasteiger partial charge in [0, 0.05) is 11.1 Å². The van der Waals surface area contributed by atoms with Crippen molar-refractivity contribution >= 4 is 51.2 Å². The Hall–Kier alpha value is -2.41. The number of aryl methyl sites for hydroxylation is 1. The van der Waals surface area contributed by atoms with E-state index in [0.717, 1.165) is 11.3 Å². The van der Waals surface area contributed by atoms with Gasteiger partial charge in [0.1, 0.15) is 9.34 Å². The minimum absolute atomic E-state index is 0.0482. The number of halogens is 3. The van der Waals surface area contributed by atoms with Gasteiger partial charge in [-0.2, -0.15) is 0 Å². The summed E-state index contributed by atoms with van der Waals surface area (Å²) in [6.45, 7) is 1.51. The molecule has 0 bridgehead atoms. The van der Waals surface area contributed by atoms with Crippen molar-refractivity contribution in [2.75, 3.05) is 5.32 Å². The van der Waals surface area contributed by atoms with Crippen LogP contribution in [-0.2, 0) is 9.67 Å². The molecule has 4 rings (SSSR count). The average Bonchev–Trinajstić information content (AvgIpc) is 3.01. The van der Waals surface area contributed by atoms with Crippen molar-refractivity contribution in [3.8, 4) is 16.9 Å². The van der Waals surface area contributed by atoms with E-state index in [4.69, 9.17) is 23.2 Å². The number of rotatable bonds is 2. The Balaban J connectivity index is 1.97. The maximum atomic E-state index is 14.3. The molecule has 1 aromatic heterocycles. The highest BCUT2D eigenvalue weighted by molar-refractivity contribution is 7.21. The fourth-order valence-electron chi connectivity index (χ4n) is 3.21.